The molecule has 9 nitrogen and oxygen atoms in total. The van der Waals surface area contributed by atoms with Crippen LogP contribution in [0.15, 0.2) is 42.5 Å². The predicted molar refractivity (Wildman–Crippen MR) is 117 cm³/mol. The number of halogens is 1. The zero-order valence-electron chi connectivity index (χ0n) is 17.6. The van der Waals surface area contributed by atoms with E-state index in [1.54, 1.807) is 6.07 Å². The summed E-state index contributed by atoms with van der Waals surface area (Å²) in [5, 5.41) is 8.18. The van der Waals surface area contributed by atoms with Gasteiger partial charge in [0.05, 0.1) is 18.3 Å². The molecule has 1 atom stereocenters. The number of hydrogen-bond acceptors (Lipinski definition) is 4. The molecule has 0 aliphatic carbocycles. The minimum absolute atomic E-state index is 0.109. The van der Waals surface area contributed by atoms with Crippen LogP contribution in [-0.2, 0) is 4.74 Å². The first-order chi connectivity index (χ1) is 15.4. The van der Waals surface area contributed by atoms with E-state index < -0.39 is 17.9 Å². The molecule has 2 aromatic carbocycles. The van der Waals surface area contributed by atoms with Gasteiger partial charge in [0.1, 0.15) is 12.4 Å². The number of benzene rings is 2. The Bertz CT molecular complexity index is 1050. The van der Waals surface area contributed by atoms with Gasteiger partial charge in [-0.2, -0.15) is 0 Å². The third kappa shape index (κ3) is 4.58. The number of amides is 5. The van der Waals surface area contributed by atoms with Crippen molar-refractivity contribution in [3.63, 3.8) is 0 Å². The number of rotatable bonds is 5. The van der Waals surface area contributed by atoms with Gasteiger partial charge in [0.2, 0.25) is 0 Å². The molecule has 1 unspecified atom stereocenters. The van der Waals surface area contributed by atoms with E-state index in [-0.39, 0.29) is 17.8 Å². The third-order valence-electron chi connectivity index (χ3n) is 5.36. The van der Waals surface area contributed by atoms with Crippen molar-refractivity contribution in [2.75, 3.05) is 41.4 Å². The van der Waals surface area contributed by atoms with Crippen LogP contribution in [0.2, 0.25) is 0 Å². The number of carbonyl (C=O) groups is 3. The van der Waals surface area contributed by atoms with E-state index >= 15 is 0 Å². The van der Waals surface area contributed by atoms with Crippen LogP contribution < -0.4 is 25.8 Å². The fraction of sp³-hybridized carbons (Fsp3) is 0.318. The van der Waals surface area contributed by atoms with E-state index in [0.717, 1.165) is 5.56 Å². The van der Waals surface area contributed by atoms with Crippen LogP contribution in [0.1, 0.15) is 24.9 Å². The van der Waals surface area contributed by atoms with E-state index in [1.165, 1.54) is 28.0 Å². The summed E-state index contributed by atoms with van der Waals surface area (Å²) in [5.74, 6) is -0.543. The largest absolute Gasteiger partial charge is 0.447 e. The van der Waals surface area contributed by atoms with Gasteiger partial charge in [-0.3, -0.25) is 9.80 Å². The van der Waals surface area contributed by atoms with Gasteiger partial charge in [-0.25, -0.2) is 18.8 Å². The number of nitrogens with one attached hydrogen (secondary N) is 3. The van der Waals surface area contributed by atoms with Crippen LogP contribution in [0.4, 0.5) is 35.8 Å². The van der Waals surface area contributed by atoms with Crippen molar-refractivity contribution in [2.24, 2.45) is 0 Å². The molecule has 0 radical (unpaired) electrons. The first-order valence-electron chi connectivity index (χ1n) is 10.4. The molecule has 0 aromatic heterocycles. The Morgan fingerprint density at radius 1 is 1.16 bits per heavy atom. The van der Waals surface area contributed by atoms with Gasteiger partial charge in [0.25, 0.3) is 0 Å². The lowest BCUT2D eigenvalue weighted by Gasteiger charge is -2.28. The maximum Gasteiger partial charge on any atom is 0.414 e. The summed E-state index contributed by atoms with van der Waals surface area (Å²) in [7, 11) is 0. The molecule has 168 valence electrons. The first-order valence-corrected chi connectivity index (χ1v) is 10.4. The second-order valence-electron chi connectivity index (χ2n) is 7.58. The second kappa shape index (κ2) is 9.13. The van der Waals surface area contributed by atoms with E-state index in [1.807, 2.05) is 25.1 Å². The van der Waals surface area contributed by atoms with Gasteiger partial charge in [-0.15, -0.1) is 0 Å². The number of urea groups is 2. The quantitative estimate of drug-likeness (QED) is 0.660. The summed E-state index contributed by atoms with van der Waals surface area (Å²) in [6.07, 6.45) is 0.310. The van der Waals surface area contributed by atoms with Gasteiger partial charge in [0, 0.05) is 24.5 Å². The van der Waals surface area contributed by atoms with E-state index in [0.29, 0.717) is 44.0 Å². The standard InChI is InChI=1S/C22H24FN5O4/c1-14(15-4-2-5-17(12-15)27-10-11-32-22(27)31)25-20(29)26-16-6-7-18(23)19(13-16)28-9-3-8-24-21(28)30/h2,4-7,12-14H,3,8-11H2,1H3,(H,24,30)(H2,25,26,29). The van der Waals surface area contributed by atoms with Crippen molar-refractivity contribution in [3.8, 4) is 0 Å². The van der Waals surface area contributed by atoms with E-state index in [2.05, 4.69) is 16.0 Å². The molecule has 2 saturated heterocycles. The number of hydrogen-bond donors (Lipinski definition) is 3. The molecule has 10 heteroatoms. The van der Waals surface area contributed by atoms with Gasteiger partial charge in [-0.1, -0.05) is 12.1 Å². The maximum atomic E-state index is 14.3. The monoisotopic (exact) mass is 441 g/mol. The molecular formula is C22H24FN5O4. The first kappa shape index (κ1) is 21.4. The number of carbonyl (C=O) groups excluding carboxylic acids is 3. The fourth-order valence-electron chi connectivity index (χ4n) is 3.69. The number of ether oxygens (including phenoxy) is 1. The molecule has 2 aliphatic heterocycles. The highest BCUT2D eigenvalue weighted by Gasteiger charge is 2.25. The average Bonchev–Trinajstić information content (AvgIpc) is 3.21. The Labute approximate surface area is 184 Å². The van der Waals surface area contributed by atoms with Crippen LogP contribution in [0, 0.1) is 5.82 Å². The lowest BCUT2D eigenvalue weighted by molar-refractivity contribution is 0.181. The number of cyclic esters (lactones) is 1. The van der Waals surface area contributed by atoms with Crippen LogP contribution >= 0.6 is 0 Å². The average molecular weight is 441 g/mol. The summed E-state index contributed by atoms with van der Waals surface area (Å²) in [6.45, 7) is 3.59. The predicted octanol–water partition coefficient (Wildman–Crippen LogP) is 3.58. The molecule has 2 aromatic rings. The van der Waals surface area contributed by atoms with Crippen LogP contribution in [0.3, 0.4) is 0 Å². The molecule has 0 spiro atoms. The summed E-state index contributed by atoms with van der Waals surface area (Å²) in [4.78, 5) is 39.2. The lowest BCUT2D eigenvalue weighted by Crippen LogP contribution is -2.46. The molecule has 2 aliphatic rings. The summed E-state index contributed by atoms with van der Waals surface area (Å²) in [6, 6.07) is 10.2. The Hall–Kier alpha value is -3.82. The van der Waals surface area contributed by atoms with Crippen molar-refractivity contribution >= 4 is 35.2 Å². The van der Waals surface area contributed by atoms with E-state index in [4.69, 9.17) is 4.74 Å². The van der Waals surface area contributed by atoms with Gasteiger partial charge >= 0.3 is 18.2 Å². The SMILES string of the molecule is CC(NC(=O)Nc1ccc(F)c(N2CCCNC2=O)c1)c1cccc(N2CCOC2=O)c1. The Morgan fingerprint density at radius 2 is 2.00 bits per heavy atom. The van der Waals surface area contributed by atoms with Gasteiger partial charge in [-0.05, 0) is 49.2 Å². The van der Waals surface area contributed by atoms with Gasteiger partial charge < -0.3 is 20.7 Å². The number of nitrogens with zero attached hydrogens (tertiary/aromatic N) is 2. The molecule has 4 rings (SSSR count). The Balaban J connectivity index is 1.42. The molecule has 0 saturated carbocycles. The zero-order valence-corrected chi connectivity index (χ0v) is 17.6. The molecule has 2 fully saturated rings. The topological polar surface area (TPSA) is 103 Å². The maximum absolute atomic E-state index is 14.3. The molecule has 0 bridgehead atoms. The normalized spacial score (nSPS) is 16.9. The van der Waals surface area contributed by atoms with E-state index in [9.17, 15) is 18.8 Å². The molecular weight excluding hydrogens is 417 g/mol. The van der Waals surface area contributed by atoms with Crippen molar-refractivity contribution < 1.29 is 23.5 Å². The highest BCUT2D eigenvalue weighted by atomic mass is 19.1. The highest BCUT2D eigenvalue weighted by Crippen LogP contribution is 2.26. The van der Waals surface area contributed by atoms with Crippen molar-refractivity contribution in [2.45, 2.75) is 19.4 Å². The van der Waals surface area contributed by atoms with Crippen molar-refractivity contribution in [1.82, 2.24) is 10.6 Å². The molecule has 2 heterocycles. The van der Waals surface area contributed by atoms with Crippen molar-refractivity contribution in [1.29, 1.82) is 0 Å². The Morgan fingerprint density at radius 3 is 2.75 bits per heavy atom. The molecule has 3 N–H and O–H groups in total. The Kier molecular flexibility index (Phi) is 6.11. The van der Waals surface area contributed by atoms with Crippen LogP contribution in [0.25, 0.3) is 0 Å². The smallest absolute Gasteiger partial charge is 0.414 e. The summed E-state index contributed by atoms with van der Waals surface area (Å²) < 4.78 is 19.3. The fourth-order valence-corrected chi connectivity index (χ4v) is 3.69. The second-order valence-corrected chi connectivity index (χ2v) is 7.58. The minimum Gasteiger partial charge on any atom is -0.447 e. The number of anilines is 3. The minimum atomic E-state index is -0.543. The zero-order chi connectivity index (χ0) is 22.7. The summed E-state index contributed by atoms with van der Waals surface area (Å²) >= 11 is 0. The highest BCUT2D eigenvalue weighted by molar-refractivity contribution is 5.95. The lowest BCUT2D eigenvalue weighted by atomic mass is 10.1. The molecule has 5 amide bonds. The van der Waals surface area contributed by atoms with Gasteiger partial charge in [0.15, 0.2) is 0 Å². The van der Waals surface area contributed by atoms with Crippen LogP contribution in [-0.4, -0.2) is 44.4 Å². The van der Waals surface area contributed by atoms with Crippen LogP contribution in [0.5, 0.6) is 0 Å². The molecule has 32 heavy (non-hydrogen) atoms. The summed E-state index contributed by atoms with van der Waals surface area (Å²) in [5.41, 5.74) is 1.97. The van der Waals surface area contributed by atoms with Crippen molar-refractivity contribution in [3.05, 3.63) is 53.8 Å². The third-order valence-corrected chi connectivity index (χ3v) is 5.36.